The van der Waals surface area contributed by atoms with Crippen LogP contribution in [0.3, 0.4) is 0 Å². The van der Waals surface area contributed by atoms with Crippen molar-refractivity contribution in [2.24, 2.45) is 0 Å². The van der Waals surface area contributed by atoms with Crippen LogP contribution in [-0.4, -0.2) is 33.2 Å². The van der Waals surface area contributed by atoms with Crippen LogP contribution in [0.15, 0.2) is 24.3 Å². The molecule has 5 nitrogen and oxygen atoms in total. The van der Waals surface area contributed by atoms with Gasteiger partial charge in [0, 0.05) is 17.8 Å². The van der Waals surface area contributed by atoms with Crippen LogP contribution >= 0.6 is 11.3 Å². The normalized spacial score (nSPS) is 15.8. The molecule has 130 valence electrons. The van der Waals surface area contributed by atoms with Crippen molar-refractivity contribution in [1.29, 1.82) is 0 Å². The number of anilines is 1. The first-order valence-corrected chi connectivity index (χ1v) is 10.6. The summed E-state index contributed by atoms with van der Waals surface area (Å²) in [5, 5.41) is 3.99. The Morgan fingerprint density at radius 1 is 1.29 bits per heavy atom. The molecule has 2 aromatic rings. The van der Waals surface area contributed by atoms with Crippen molar-refractivity contribution in [2.75, 3.05) is 17.1 Å². The van der Waals surface area contributed by atoms with Crippen molar-refractivity contribution in [3.05, 3.63) is 29.1 Å². The van der Waals surface area contributed by atoms with Crippen LogP contribution in [0.5, 0.6) is 0 Å². The highest BCUT2D eigenvalue weighted by atomic mass is 32.2. The van der Waals surface area contributed by atoms with Gasteiger partial charge in [0.05, 0.1) is 16.3 Å². The van der Waals surface area contributed by atoms with Crippen molar-refractivity contribution >= 4 is 43.0 Å². The van der Waals surface area contributed by atoms with Crippen LogP contribution in [0, 0.1) is 0 Å². The fourth-order valence-electron chi connectivity index (χ4n) is 3.02. The van der Waals surface area contributed by atoms with Gasteiger partial charge in [-0.3, -0.25) is 9.10 Å². The van der Waals surface area contributed by atoms with Gasteiger partial charge in [0.2, 0.25) is 10.0 Å². The second-order valence-electron chi connectivity index (χ2n) is 6.16. The summed E-state index contributed by atoms with van der Waals surface area (Å²) in [6.07, 6.45) is 4.47. The van der Waals surface area contributed by atoms with Crippen LogP contribution in [-0.2, 0) is 10.0 Å². The third-order valence-corrected chi connectivity index (χ3v) is 7.45. The van der Waals surface area contributed by atoms with Gasteiger partial charge in [-0.05, 0) is 49.4 Å². The molecule has 1 fully saturated rings. The van der Waals surface area contributed by atoms with Crippen molar-refractivity contribution < 1.29 is 13.2 Å². The largest absolute Gasteiger partial charge is 0.349 e. The Labute approximate surface area is 146 Å². The molecule has 0 spiro atoms. The molecular weight excluding hydrogens is 344 g/mol. The maximum atomic E-state index is 12.4. The first kappa shape index (κ1) is 17.2. The molecule has 1 saturated carbocycles. The molecule has 24 heavy (non-hydrogen) atoms. The minimum Gasteiger partial charge on any atom is -0.349 e. The highest BCUT2D eigenvalue weighted by Crippen LogP contribution is 2.30. The molecule has 0 aliphatic heterocycles. The number of fused-ring (bicyclic) bond motifs is 1. The number of thiophene rings is 1. The van der Waals surface area contributed by atoms with Gasteiger partial charge in [-0.25, -0.2) is 8.42 Å². The number of amides is 1. The third-order valence-electron chi connectivity index (χ3n) is 4.56. The standard InChI is InChI=1S/C17H22N2O3S2/c1-3-24(21,22)19(2)14-8-9-15-12(10-14)11-16(23-15)17(20)18-13-6-4-5-7-13/h8-11,13H,3-7H2,1-2H3,(H,18,20). The summed E-state index contributed by atoms with van der Waals surface area (Å²) >= 11 is 1.44. The van der Waals surface area contributed by atoms with Gasteiger partial charge >= 0.3 is 0 Å². The van der Waals surface area contributed by atoms with Gasteiger partial charge in [0.15, 0.2) is 0 Å². The second kappa shape index (κ2) is 6.72. The zero-order valence-corrected chi connectivity index (χ0v) is 15.5. The summed E-state index contributed by atoms with van der Waals surface area (Å²) in [6, 6.07) is 7.62. The number of benzene rings is 1. The van der Waals surface area contributed by atoms with Crippen LogP contribution in [0.25, 0.3) is 10.1 Å². The smallest absolute Gasteiger partial charge is 0.261 e. The topological polar surface area (TPSA) is 66.5 Å². The third kappa shape index (κ3) is 3.42. The van der Waals surface area contributed by atoms with Crippen molar-refractivity contribution in [3.63, 3.8) is 0 Å². The Kier molecular flexibility index (Phi) is 4.83. The molecule has 0 atom stereocenters. The Morgan fingerprint density at radius 3 is 2.67 bits per heavy atom. The van der Waals surface area contributed by atoms with Crippen LogP contribution < -0.4 is 9.62 Å². The molecule has 1 aliphatic rings. The van der Waals surface area contributed by atoms with E-state index >= 15 is 0 Å². The molecule has 0 saturated heterocycles. The van der Waals surface area contributed by atoms with E-state index in [1.165, 1.54) is 28.5 Å². The number of hydrogen-bond acceptors (Lipinski definition) is 4. The molecule has 1 amide bonds. The average molecular weight is 367 g/mol. The molecule has 7 heteroatoms. The Balaban J connectivity index is 1.84. The number of rotatable bonds is 5. The highest BCUT2D eigenvalue weighted by molar-refractivity contribution is 7.92. The fourth-order valence-corrected chi connectivity index (χ4v) is 4.79. The number of hydrogen-bond donors (Lipinski definition) is 1. The van der Waals surface area contributed by atoms with Gasteiger partial charge in [0.1, 0.15) is 0 Å². The van der Waals surface area contributed by atoms with E-state index in [9.17, 15) is 13.2 Å². The summed E-state index contributed by atoms with van der Waals surface area (Å²) in [7, 11) is -1.73. The minimum absolute atomic E-state index is 0.0285. The van der Waals surface area contributed by atoms with E-state index in [1.807, 2.05) is 18.2 Å². The molecule has 0 radical (unpaired) electrons. The molecule has 1 aromatic heterocycles. The number of nitrogens with zero attached hydrogens (tertiary/aromatic N) is 1. The summed E-state index contributed by atoms with van der Waals surface area (Å²) in [5.41, 5.74) is 0.616. The highest BCUT2D eigenvalue weighted by Gasteiger charge is 2.20. The summed E-state index contributed by atoms with van der Waals surface area (Å²) in [6.45, 7) is 1.63. The number of sulfonamides is 1. The molecule has 1 aliphatic carbocycles. The van der Waals surface area contributed by atoms with Gasteiger partial charge in [-0.1, -0.05) is 12.8 Å². The molecule has 0 unspecified atom stereocenters. The Morgan fingerprint density at radius 2 is 2.00 bits per heavy atom. The van der Waals surface area contributed by atoms with E-state index in [2.05, 4.69) is 5.32 Å². The summed E-state index contributed by atoms with van der Waals surface area (Å²) < 4.78 is 26.3. The average Bonchev–Trinajstić information content (AvgIpc) is 3.22. The predicted octanol–water partition coefficient (Wildman–Crippen LogP) is 3.36. The van der Waals surface area contributed by atoms with E-state index in [-0.39, 0.29) is 11.7 Å². The van der Waals surface area contributed by atoms with E-state index in [4.69, 9.17) is 0 Å². The molecular formula is C17H22N2O3S2. The molecule has 0 bridgehead atoms. The molecule has 3 rings (SSSR count). The van der Waals surface area contributed by atoms with Crippen molar-refractivity contribution in [3.8, 4) is 0 Å². The van der Waals surface area contributed by atoms with Crippen molar-refractivity contribution in [1.82, 2.24) is 5.32 Å². The lowest BCUT2D eigenvalue weighted by Crippen LogP contribution is -2.31. The Hall–Kier alpha value is -1.60. The van der Waals surface area contributed by atoms with Gasteiger partial charge < -0.3 is 5.32 Å². The maximum absolute atomic E-state index is 12.4. The van der Waals surface area contributed by atoms with Gasteiger partial charge in [-0.15, -0.1) is 11.3 Å². The second-order valence-corrected chi connectivity index (χ2v) is 9.53. The lowest BCUT2D eigenvalue weighted by atomic mass is 10.2. The first-order valence-electron chi connectivity index (χ1n) is 8.22. The van der Waals surface area contributed by atoms with Crippen LogP contribution in [0.2, 0.25) is 0 Å². The zero-order chi connectivity index (χ0) is 17.3. The molecule has 1 N–H and O–H groups in total. The minimum atomic E-state index is -3.29. The Bertz CT molecular complexity index is 852. The van der Waals surface area contributed by atoms with E-state index < -0.39 is 10.0 Å². The SMILES string of the molecule is CCS(=O)(=O)N(C)c1ccc2sc(C(=O)NC3CCCC3)cc2c1. The number of carbonyl (C=O) groups is 1. The molecule has 1 aromatic carbocycles. The number of carbonyl (C=O) groups excluding carboxylic acids is 1. The predicted molar refractivity (Wildman–Crippen MR) is 99.4 cm³/mol. The number of nitrogens with one attached hydrogen (secondary N) is 1. The van der Waals surface area contributed by atoms with Crippen LogP contribution in [0.4, 0.5) is 5.69 Å². The zero-order valence-electron chi connectivity index (χ0n) is 13.9. The monoisotopic (exact) mass is 366 g/mol. The van der Waals surface area contributed by atoms with E-state index in [0.29, 0.717) is 16.6 Å². The molecule has 1 heterocycles. The lowest BCUT2D eigenvalue weighted by Gasteiger charge is -2.18. The lowest BCUT2D eigenvalue weighted by molar-refractivity contribution is 0.0942. The fraction of sp³-hybridized carbons (Fsp3) is 0.471. The van der Waals surface area contributed by atoms with E-state index in [1.54, 1.807) is 20.0 Å². The van der Waals surface area contributed by atoms with Crippen molar-refractivity contribution in [2.45, 2.75) is 38.6 Å². The first-order chi connectivity index (χ1) is 11.4. The van der Waals surface area contributed by atoms with Crippen LogP contribution in [0.1, 0.15) is 42.3 Å². The van der Waals surface area contributed by atoms with E-state index in [0.717, 1.165) is 22.9 Å². The van der Waals surface area contributed by atoms with Gasteiger partial charge in [-0.2, -0.15) is 0 Å². The quantitative estimate of drug-likeness (QED) is 0.882. The summed E-state index contributed by atoms with van der Waals surface area (Å²) in [4.78, 5) is 13.1. The maximum Gasteiger partial charge on any atom is 0.261 e. The van der Waals surface area contributed by atoms with Gasteiger partial charge in [0.25, 0.3) is 5.91 Å². The summed E-state index contributed by atoms with van der Waals surface area (Å²) in [5.74, 6) is 0.0272.